The monoisotopic (exact) mass is 496 g/mol. The number of hydrogen-bond acceptors (Lipinski definition) is 8. The summed E-state index contributed by atoms with van der Waals surface area (Å²) < 4.78 is 39.3. The Kier molecular flexibility index (Phi) is 7.16. The predicted molar refractivity (Wildman–Crippen MR) is 121 cm³/mol. The van der Waals surface area contributed by atoms with Crippen LogP contribution in [0.25, 0.3) is 0 Å². The summed E-state index contributed by atoms with van der Waals surface area (Å²) >= 11 is 6.18. The van der Waals surface area contributed by atoms with Gasteiger partial charge in [-0.15, -0.1) is 0 Å². The SMILES string of the molecule is COC1(C=O)CCOC(N2Cc3nc(Cl)nc(NC(C)c4cccc(C(F)(F)CO)c4)c3C2)C1. The van der Waals surface area contributed by atoms with Crippen molar-refractivity contribution < 1.29 is 28.2 Å². The minimum atomic E-state index is -3.32. The summed E-state index contributed by atoms with van der Waals surface area (Å²) in [4.78, 5) is 22.4. The molecule has 0 radical (unpaired) electrons. The molecule has 1 fully saturated rings. The molecule has 0 saturated carbocycles. The Hall–Kier alpha value is -2.24. The average Bonchev–Trinajstić information content (AvgIpc) is 3.28. The van der Waals surface area contributed by atoms with Crippen molar-refractivity contribution >= 4 is 23.7 Å². The Balaban J connectivity index is 1.54. The third kappa shape index (κ3) is 4.92. The summed E-state index contributed by atoms with van der Waals surface area (Å²) in [5.74, 6) is -2.82. The highest BCUT2D eigenvalue weighted by Crippen LogP contribution is 2.36. The van der Waals surface area contributed by atoms with Gasteiger partial charge in [-0.2, -0.15) is 8.78 Å². The molecule has 2 aromatic rings. The average molecular weight is 497 g/mol. The molecule has 3 atom stereocenters. The van der Waals surface area contributed by atoms with E-state index in [1.165, 1.54) is 25.3 Å². The summed E-state index contributed by atoms with van der Waals surface area (Å²) in [6.07, 6.45) is 1.39. The number of rotatable bonds is 8. The van der Waals surface area contributed by atoms with Crippen molar-refractivity contribution in [2.24, 2.45) is 0 Å². The van der Waals surface area contributed by atoms with Gasteiger partial charge in [0.15, 0.2) is 6.29 Å². The number of carbonyl (C=O) groups is 1. The van der Waals surface area contributed by atoms with E-state index < -0.39 is 18.1 Å². The van der Waals surface area contributed by atoms with Crippen molar-refractivity contribution in [1.82, 2.24) is 14.9 Å². The van der Waals surface area contributed by atoms with Gasteiger partial charge < -0.3 is 24.7 Å². The van der Waals surface area contributed by atoms with Crippen LogP contribution in [0.2, 0.25) is 5.28 Å². The van der Waals surface area contributed by atoms with Crippen molar-refractivity contribution in [3.05, 3.63) is 51.9 Å². The van der Waals surface area contributed by atoms with E-state index in [1.54, 1.807) is 6.07 Å². The normalized spacial score (nSPS) is 24.0. The Morgan fingerprint density at radius 2 is 2.24 bits per heavy atom. The van der Waals surface area contributed by atoms with Gasteiger partial charge in [0.25, 0.3) is 5.92 Å². The molecule has 8 nitrogen and oxygen atoms in total. The fourth-order valence-electron chi connectivity index (χ4n) is 4.39. The van der Waals surface area contributed by atoms with Crippen molar-refractivity contribution in [2.45, 2.75) is 56.6 Å². The molecule has 1 saturated heterocycles. The smallest absolute Gasteiger partial charge is 0.295 e. The van der Waals surface area contributed by atoms with Gasteiger partial charge in [-0.05, 0) is 30.2 Å². The number of aldehydes is 1. The fourth-order valence-corrected chi connectivity index (χ4v) is 4.57. The zero-order chi connectivity index (χ0) is 24.5. The summed E-state index contributed by atoms with van der Waals surface area (Å²) in [5, 5.41) is 12.3. The van der Waals surface area contributed by atoms with Gasteiger partial charge in [-0.3, -0.25) is 4.90 Å². The van der Waals surface area contributed by atoms with E-state index in [-0.39, 0.29) is 23.1 Å². The van der Waals surface area contributed by atoms with E-state index in [2.05, 4.69) is 15.3 Å². The van der Waals surface area contributed by atoms with Gasteiger partial charge >= 0.3 is 0 Å². The number of benzene rings is 1. The zero-order valence-corrected chi connectivity index (χ0v) is 19.7. The molecule has 1 aromatic heterocycles. The molecule has 184 valence electrons. The van der Waals surface area contributed by atoms with Crippen LogP contribution in [0.1, 0.15) is 48.2 Å². The lowest BCUT2D eigenvalue weighted by Gasteiger charge is -2.39. The maximum absolute atomic E-state index is 14.0. The largest absolute Gasteiger partial charge is 0.390 e. The quantitative estimate of drug-likeness (QED) is 0.424. The molecule has 2 N–H and O–H groups in total. The molecule has 0 amide bonds. The van der Waals surface area contributed by atoms with Gasteiger partial charge in [0, 0.05) is 50.2 Å². The number of halogens is 3. The van der Waals surface area contributed by atoms with Gasteiger partial charge in [0.1, 0.15) is 24.3 Å². The lowest BCUT2D eigenvalue weighted by atomic mass is 9.94. The van der Waals surface area contributed by atoms with Gasteiger partial charge in [0.2, 0.25) is 5.28 Å². The number of anilines is 1. The first-order valence-corrected chi connectivity index (χ1v) is 11.4. The summed E-state index contributed by atoms with van der Waals surface area (Å²) in [7, 11) is 1.52. The minimum Gasteiger partial charge on any atom is -0.390 e. The predicted octanol–water partition coefficient (Wildman–Crippen LogP) is 3.42. The molecule has 0 bridgehead atoms. The molecular formula is C23H27ClF2N4O4. The lowest BCUT2D eigenvalue weighted by molar-refractivity contribution is -0.173. The van der Waals surface area contributed by atoms with E-state index in [0.29, 0.717) is 43.9 Å². The number of ether oxygens (including phenoxy) is 2. The van der Waals surface area contributed by atoms with Crippen LogP contribution in [0, 0.1) is 0 Å². The minimum absolute atomic E-state index is 0.0690. The van der Waals surface area contributed by atoms with Crippen LogP contribution < -0.4 is 5.32 Å². The number of carbonyl (C=O) groups excluding carboxylic acids is 1. The van der Waals surface area contributed by atoms with Crippen LogP contribution >= 0.6 is 11.6 Å². The molecule has 3 unspecified atom stereocenters. The van der Waals surface area contributed by atoms with Crippen LogP contribution in [-0.2, 0) is 33.3 Å². The molecule has 2 aliphatic rings. The number of methoxy groups -OCH3 is 1. The highest BCUT2D eigenvalue weighted by atomic mass is 35.5. The van der Waals surface area contributed by atoms with E-state index in [9.17, 15) is 13.6 Å². The molecule has 4 rings (SSSR count). The van der Waals surface area contributed by atoms with Crippen LogP contribution in [-0.4, -0.2) is 58.4 Å². The molecule has 0 spiro atoms. The number of fused-ring (bicyclic) bond motifs is 1. The first kappa shape index (κ1) is 24.9. The standard InChI is InChI=1S/C23H27ClF2N4O4/c1-14(15-4-3-5-16(8-15)23(25,26)13-32)27-20-17-10-30(11-18(17)28-21(24)29-20)19-9-22(12-31,33-2)6-7-34-19/h3-5,8,12,14,19,32H,6-7,9-11,13H2,1-2H3,(H,27,28,29). The molecule has 11 heteroatoms. The third-order valence-electron chi connectivity index (χ3n) is 6.52. The van der Waals surface area contributed by atoms with Gasteiger partial charge in [-0.25, -0.2) is 9.97 Å². The van der Waals surface area contributed by atoms with Crippen molar-refractivity contribution in [2.75, 3.05) is 25.6 Å². The molecule has 34 heavy (non-hydrogen) atoms. The van der Waals surface area contributed by atoms with E-state index in [1.807, 2.05) is 11.8 Å². The van der Waals surface area contributed by atoms with Crippen LogP contribution in [0.3, 0.4) is 0 Å². The Morgan fingerprint density at radius 3 is 2.94 bits per heavy atom. The number of alkyl halides is 2. The van der Waals surface area contributed by atoms with Gasteiger partial charge in [0.05, 0.1) is 12.3 Å². The summed E-state index contributed by atoms with van der Waals surface area (Å²) in [6.45, 7) is 1.89. The molecule has 3 heterocycles. The molecular weight excluding hydrogens is 470 g/mol. The highest BCUT2D eigenvalue weighted by Gasteiger charge is 2.41. The topological polar surface area (TPSA) is 96.8 Å². The Morgan fingerprint density at radius 1 is 1.44 bits per heavy atom. The maximum Gasteiger partial charge on any atom is 0.295 e. The number of nitrogens with one attached hydrogen (secondary N) is 1. The second-order valence-corrected chi connectivity index (χ2v) is 9.03. The second kappa shape index (κ2) is 9.79. The fraction of sp³-hybridized carbons (Fsp3) is 0.522. The van der Waals surface area contributed by atoms with E-state index >= 15 is 0 Å². The third-order valence-corrected chi connectivity index (χ3v) is 6.69. The van der Waals surface area contributed by atoms with Crippen LogP contribution in [0.4, 0.5) is 14.6 Å². The van der Waals surface area contributed by atoms with Crippen LogP contribution in [0.5, 0.6) is 0 Å². The van der Waals surface area contributed by atoms with Crippen molar-refractivity contribution in [3.8, 4) is 0 Å². The number of aromatic nitrogens is 2. The van der Waals surface area contributed by atoms with Crippen LogP contribution in [0.15, 0.2) is 24.3 Å². The van der Waals surface area contributed by atoms with Crippen molar-refractivity contribution in [3.63, 3.8) is 0 Å². The maximum atomic E-state index is 14.0. The van der Waals surface area contributed by atoms with Gasteiger partial charge in [-0.1, -0.05) is 18.2 Å². The first-order chi connectivity index (χ1) is 16.2. The number of nitrogens with zero attached hydrogens (tertiary/aromatic N) is 3. The zero-order valence-electron chi connectivity index (χ0n) is 18.9. The van der Waals surface area contributed by atoms with E-state index in [0.717, 1.165) is 17.5 Å². The highest BCUT2D eigenvalue weighted by molar-refractivity contribution is 6.28. The number of hydrogen-bond donors (Lipinski definition) is 2. The Bertz CT molecular complexity index is 1060. The van der Waals surface area contributed by atoms with E-state index in [4.69, 9.17) is 26.2 Å². The molecule has 1 aromatic carbocycles. The van der Waals surface area contributed by atoms with Crippen molar-refractivity contribution in [1.29, 1.82) is 0 Å². The summed E-state index contributed by atoms with van der Waals surface area (Å²) in [6, 6.07) is 5.53. The molecule has 2 aliphatic heterocycles. The number of aliphatic hydroxyl groups is 1. The molecule has 0 aliphatic carbocycles. The lowest BCUT2D eigenvalue weighted by Crippen LogP contribution is -2.49. The second-order valence-electron chi connectivity index (χ2n) is 8.69. The Labute approximate surface area is 201 Å². The number of aliphatic hydroxyl groups excluding tert-OH is 1. The summed E-state index contributed by atoms with van der Waals surface area (Å²) in [5.41, 5.74) is 1.04. The first-order valence-electron chi connectivity index (χ1n) is 11.0.